The zero-order chi connectivity index (χ0) is 21.6. The summed E-state index contributed by atoms with van der Waals surface area (Å²) in [5.41, 5.74) is 1.17. The first-order valence-corrected chi connectivity index (χ1v) is 8.91. The Morgan fingerprint density at radius 2 is 1.59 bits per heavy atom. The van der Waals surface area contributed by atoms with Gasteiger partial charge in [0.2, 0.25) is 6.54 Å². The van der Waals surface area contributed by atoms with Gasteiger partial charge in [-0.25, -0.2) is 4.79 Å². The van der Waals surface area contributed by atoms with E-state index < -0.39 is 11.8 Å². The molecule has 0 bridgehead atoms. The molecule has 29 heavy (non-hydrogen) atoms. The van der Waals surface area contributed by atoms with Gasteiger partial charge in [-0.3, -0.25) is 14.9 Å². The van der Waals surface area contributed by atoms with E-state index in [4.69, 9.17) is 14.2 Å². The summed E-state index contributed by atoms with van der Waals surface area (Å²) in [6.07, 6.45) is 0.281. The Labute approximate surface area is 168 Å². The standard InChI is InChI=1S/C21H23NO7/c1-13(12-22(25)26)9-14-10-18(27-2)19(28-3)11-17(14)20(23)15-7-5-6-8-16(15)21(24)29-4/h5-8,10-11,13H,9,12H2,1-4H3. The summed E-state index contributed by atoms with van der Waals surface area (Å²) in [5.74, 6) is -0.593. The number of ether oxygens (including phenoxy) is 3. The molecule has 0 heterocycles. The quantitative estimate of drug-likeness (QED) is 0.275. The third kappa shape index (κ3) is 5.10. The Morgan fingerprint density at radius 3 is 2.14 bits per heavy atom. The molecule has 2 aromatic carbocycles. The Hall–Kier alpha value is -3.42. The van der Waals surface area contributed by atoms with Crippen molar-refractivity contribution >= 4 is 11.8 Å². The summed E-state index contributed by atoms with van der Waals surface area (Å²) < 4.78 is 15.4. The number of methoxy groups -OCH3 is 3. The van der Waals surface area contributed by atoms with Crippen LogP contribution in [0.1, 0.15) is 38.8 Å². The fourth-order valence-electron chi connectivity index (χ4n) is 3.11. The minimum absolute atomic E-state index is 0.138. The van der Waals surface area contributed by atoms with Crippen molar-refractivity contribution in [2.75, 3.05) is 27.9 Å². The molecule has 1 atom stereocenters. The van der Waals surface area contributed by atoms with E-state index in [0.29, 0.717) is 17.1 Å². The van der Waals surface area contributed by atoms with Gasteiger partial charge in [-0.1, -0.05) is 25.1 Å². The van der Waals surface area contributed by atoms with Gasteiger partial charge in [0.1, 0.15) is 0 Å². The molecule has 0 saturated carbocycles. The number of nitrogens with zero attached hydrogens (tertiary/aromatic N) is 1. The highest BCUT2D eigenvalue weighted by Gasteiger charge is 2.24. The molecular formula is C21H23NO7. The maximum Gasteiger partial charge on any atom is 0.338 e. The van der Waals surface area contributed by atoms with E-state index in [2.05, 4.69) is 0 Å². The van der Waals surface area contributed by atoms with Crippen LogP contribution in [0.15, 0.2) is 36.4 Å². The second-order valence-corrected chi connectivity index (χ2v) is 6.56. The van der Waals surface area contributed by atoms with Crippen LogP contribution in [0, 0.1) is 16.0 Å². The minimum Gasteiger partial charge on any atom is -0.493 e. The molecule has 0 aliphatic rings. The van der Waals surface area contributed by atoms with Gasteiger partial charge in [-0.15, -0.1) is 0 Å². The zero-order valence-electron chi connectivity index (χ0n) is 16.8. The fraction of sp³-hybridized carbons (Fsp3) is 0.333. The Bertz CT molecular complexity index is 923. The Balaban J connectivity index is 2.59. The molecule has 0 aliphatic heterocycles. The molecule has 8 heteroatoms. The lowest BCUT2D eigenvalue weighted by Gasteiger charge is -2.17. The van der Waals surface area contributed by atoms with E-state index in [9.17, 15) is 19.7 Å². The first-order chi connectivity index (χ1) is 13.8. The first-order valence-electron chi connectivity index (χ1n) is 8.91. The number of nitro groups is 1. The second-order valence-electron chi connectivity index (χ2n) is 6.56. The SMILES string of the molecule is COC(=O)c1ccccc1C(=O)c1cc(OC)c(OC)cc1CC(C)C[N+](=O)[O-]. The number of ketones is 1. The molecule has 0 fully saturated rings. The molecular weight excluding hydrogens is 378 g/mol. The second kappa shape index (κ2) is 9.68. The smallest absolute Gasteiger partial charge is 0.338 e. The molecule has 0 saturated heterocycles. The van der Waals surface area contributed by atoms with Gasteiger partial charge in [0.05, 0.1) is 26.9 Å². The van der Waals surface area contributed by atoms with E-state index in [0.717, 1.165) is 0 Å². The van der Waals surface area contributed by atoms with Gasteiger partial charge in [-0.05, 0) is 30.2 Å². The molecule has 0 spiro atoms. The lowest BCUT2D eigenvalue weighted by atomic mass is 9.90. The van der Waals surface area contributed by atoms with Crippen molar-refractivity contribution in [2.45, 2.75) is 13.3 Å². The fourth-order valence-corrected chi connectivity index (χ4v) is 3.11. The molecule has 2 aromatic rings. The van der Waals surface area contributed by atoms with Crippen molar-refractivity contribution < 1.29 is 28.7 Å². The van der Waals surface area contributed by atoms with Crippen molar-refractivity contribution in [3.05, 3.63) is 68.8 Å². The summed E-state index contributed by atoms with van der Waals surface area (Å²) in [4.78, 5) is 35.9. The number of hydrogen-bond donors (Lipinski definition) is 0. The highest BCUT2D eigenvalue weighted by Crippen LogP contribution is 2.33. The number of carbonyl (C=O) groups is 2. The van der Waals surface area contributed by atoms with Crippen LogP contribution in [-0.4, -0.2) is 44.6 Å². The Kier molecular flexibility index (Phi) is 7.30. The van der Waals surface area contributed by atoms with Crippen LogP contribution >= 0.6 is 0 Å². The van der Waals surface area contributed by atoms with Crippen molar-refractivity contribution in [3.63, 3.8) is 0 Å². The van der Waals surface area contributed by atoms with Crippen LogP contribution in [0.3, 0.4) is 0 Å². The number of benzene rings is 2. The number of carbonyl (C=O) groups excluding carboxylic acids is 2. The van der Waals surface area contributed by atoms with Crippen molar-refractivity contribution in [1.82, 2.24) is 0 Å². The summed E-state index contributed by atoms with van der Waals surface area (Å²) in [5, 5.41) is 10.9. The van der Waals surface area contributed by atoms with Gasteiger partial charge in [0, 0.05) is 22.0 Å². The third-order valence-corrected chi connectivity index (χ3v) is 4.46. The molecule has 8 nitrogen and oxygen atoms in total. The highest BCUT2D eigenvalue weighted by molar-refractivity contribution is 6.15. The Morgan fingerprint density at radius 1 is 1.00 bits per heavy atom. The van der Waals surface area contributed by atoms with Crippen molar-refractivity contribution in [2.24, 2.45) is 5.92 Å². The molecule has 1 unspecified atom stereocenters. The van der Waals surface area contributed by atoms with Crippen LogP contribution in [-0.2, 0) is 11.2 Å². The number of esters is 1. The van der Waals surface area contributed by atoms with Crippen LogP contribution in [0.4, 0.5) is 0 Å². The zero-order valence-corrected chi connectivity index (χ0v) is 16.8. The van der Waals surface area contributed by atoms with Gasteiger partial charge in [-0.2, -0.15) is 0 Å². The number of hydrogen-bond acceptors (Lipinski definition) is 7. The molecule has 2 rings (SSSR count). The average Bonchev–Trinajstić information content (AvgIpc) is 2.71. The maximum atomic E-state index is 13.3. The van der Waals surface area contributed by atoms with E-state index in [1.165, 1.54) is 39.5 Å². The summed E-state index contributed by atoms with van der Waals surface area (Å²) in [6, 6.07) is 9.50. The molecule has 0 amide bonds. The third-order valence-electron chi connectivity index (χ3n) is 4.46. The molecule has 0 aromatic heterocycles. The van der Waals surface area contributed by atoms with Gasteiger partial charge >= 0.3 is 5.97 Å². The van der Waals surface area contributed by atoms with E-state index in [1.54, 1.807) is 25.1 Å². The van der Waals surface area contributed by atoms with E-state index in [-0.39, 0.29) is 40.5 Å². The van der Waals surface area contributed by atoms with Crippen LogP contribution in [0.5, 0.6) is 11.5 Å². The first kappa shape index (κ1) is 21.9. The normalized spacial score (nSPS) is 11.4. The average molecular weight is 401 g/mol. The number of rotatable bonds is 9. The predicted octanol–water partition coefficient (Wildman–Crippen LogP) is 3.18. The van der Waals surface area contributed by atoms with E-state index in [1.807, 2.05) is 0 Å². The van der Waals surface area contributed by atoms with Crippen LogP contribution in [0.25, 0.3) is 0 Å². The summed E-state index contributed by atoms with van der Waals surface area (Å²) in [7, 11) is 4.16. The van der Waals surface area contributed by atoms with Crippen molar-refractivity contribution in [3.8, 4) is 11.5 Å². The molecule has 154 valence electrons. The molecule has 0 aliphatic carbocycles. The molecule has 0 radical (unpaired) electrons. The summed E-state index contributed by atoms with van der Waals surface area (Å²) in [6.45, 7) is 1.50. The minimum atomic E-state index is -0.627. The van der Waals surface area contributed by atoms with E-state index >= 15 is 0 Å². The van der Waals surface area contributed by atoms with Crippen LogP contribution in [0.2, 0.25) is 0 Å². The predicted molar refractivity (Wildman–Crippen MR) is 105 cm³/mol. The van der Waals surface area contributed by atoms with Gasteiger partial charge in [0.25, 0.3) is 0 Å². The summed E-state index contributed by atoms with van der Waals surface area (Å²) >= 11 is 0. The topological polar surface area (TPSA) is 105 Å². The van der Waals surface area contributed by atoms with Gasteiger partial charge in [0.15, 0.2) is 17.3 Å². The highest BCUT2D eigenvalue weighted by atomic mass is 16.6. The lowest BCUT2D eigenvalue weighted by molar-refractivity contribution is -0.487. The molecule has 0 N–H and O–H groups in total. The lowest BCUT2D eigenvalue weighted by Crippen LogP contribution is -2.17. The maximum absolute atomic E-state index is 13.3. The van der Waals surface area contributed by atoms with Crippen LogP contribution < -0.4 is 9.47 Å². The van der Waals surface area contributed by atoms with Gasteiger partial charge < -0.3 is 14.2 Å². The monoisotopic (exact) mass is 401 g/mol. The van der Waals surface area contributed by atoms with Crippen molar-refractivity contribution in [1.29, 1.82) is 0 Å². The largest absolute Gasteiger partial charge is 0.493 e.